The second-order valence-corrected chi connectivity index (χ2v) is 7.51. The standard InChI is InChI=1S/C25H20N2O/c1-14-8-9-20(15(2)12-14)27-22-11-10-21-23-19(13-16(3)26-21)17-6-4-5-7-18(17)25(28)24(22)23/h4-13,27H,1-3H3. The molecule has 0 saturated heterocycles. The lowest BCUT2D eigenvalue weighted by Crippen LogP contribution is -2.13. The predicted molar refractivity (Wildman–Crippen MR) is 115 cm³/mol. The van der Waals surface area contributed by atoms with E-state index in [1.54, 1.807) is 0 Å². The van der Waals surface area contributed by atoms with Gasteiger partial charge in [-0.25, -0.2) is 0 Å². The zero-order valence-corrected chi connectivity index (χ0v) is 16.1. The van der Waals surface area contributed by atoms with Gasteiger partial charge in [-0.05, 0) is 61.7 Å². The van der Waals surface area contributed by atoms with Crippen LogP contribution >= 0.6 is 0 Å². The van der Waals surface area contributed by atoms with Crippen molar-refractivity contribution < 1.29 is 4.79 Å². The Bertz CT molecular complexity index is 1290. The molecule has 0 spiro atoms. The van der Waals surface area contributed by atoms with Crippen molar-refractivity contribution in [2.75, 3.05) is 5.32 Å². The average Bonchev–Trinajstić information content (AvgIpc) is 2.68. The Labute approximate surface area is 164 Å². The van der Waals surface area contributed by atoms with E-state index in [0.717, 1.165) is 50.2 Å². The van der Waals surface area contributed by atoms with Gasteiger partial charge in [-0.2, -0.15) is 0 Å². The van der Waals surface area contributed by atoms with Crippen LogP contribution < -0.4 is 5.32 Å². The summed E-state index contributed by atoms with van der Waals surface area (Å²) >= 11 is 0. The van der Waals surface area contributed by atoms with Crippen LogP contribution in [0, 0.1) is 20.8 Å². The molecule has 5 rings (SSSR count). The van der Waals surface area contributed by atoms with Crippen LogP contribution in [0.3, 0.4) is 0 Å². The number of nitrogens with one attached hydrogen (secondary N) is 1. The van der Waals surface area contributed by atoms with Crippen molar-refractivity contribution in [3.8, 4) is 11.1 Å². The van der Waals surface area contributed by atoms with Crippen molar-refractivity contribution in [1.82, 2.24) is 4.98 Å². The van der Waals surface area contributed by atoms with Crippen molar-refractivity contribution in [2.24, 2.45) is 0 Å². The van der Waals surface area contributed by atoms with Gasteiger partial charge in [0.05, 0.1) is 16.8 Å². The fourth-order valence-corrected chi connectivity index (χ4v) is 4.16. The first-order valence-corrected chi connectivity index (χ1v) is 9.45. The summed E-state index contributed by atoms with van der Waals surface area (Å²) in [6.07, 6.45) is 0. The SMILES string of the molecule is Cc1ccc(Nc2ccc3nc(C)cc4c3c2C(=O)c2ccccc2-4)c(C)c1. The lowest BCUT2D eigenvalue weighted by molar-refractivity contribution is 0.104. The van der Waals surface area contributed by atoms with Gasteiger partial charge in [0.15, 0.2) is 5.78 Å². The van der Waals surface area contributed by atoms with Gasteiger partial charge in [-0.1, -0.05) is 42.0 Å². The molecule has 1 aliphatic rings. The highest BCUT2D eigenvalue weighted by Crippen LogP contribution is 2.42. The van der Waals surface area contributed by atoms with E-state index in [1.807, 2.05) is 43.3 Å². The van der Waals surface area contributed by atoms with Crippen LogP contribution in [0.1, 0.15) is 32.7 Å². The third-order valence-corrected chi connectivity index (χ3v) is 5.44. The maximum Gasteiger partial charge on any atom is 0.196 e. The maximum absolute atomic E-state index is 13.5. The lowest BCUT2D eigenvalue weighted by atomic mass is 9.83. The Hall–Kier alpha value is -3.46. The van der Waals surface area contributed by atoms with Crippen molar-refractivity contribution in [3.63, 3.8) is 0 Å². The molecule has 0 saturated carbocycles. The molecule has 3 heteroatoms. The predicted octanol–water partition coefficient (Wildman–Crippen LogP) is 6.12. The quantitative estimate of drug-likeness (QED) is 0.410. The minimum atomic E-state index is 0.0478. The fraction of sp³-hybridized carbons (Fsp3) is 0.120. The first-order valence-electron chi connectivity index (χ1n) is 9.45. The van der Waals surface area contributed by atoms with Gasteiger partial charge < -0.3 is 5.32 Å². The molecule has 0 radical (unpaired) electrons. The molecule has 0 amide bonds. The zero-order chi connectivity index (χ0) is 19.4. The van der Waals surface area contributed by atoms with Crippen LogP contribution in [0.25, 0.3) is 22.0 Å². The Morgan fingerprint density at radius 3 is 2.32 bits per heavy atom. The van der Waals surface area contributed by atoms with E-state index in [-0.39, 0.29) is 5.78 Å². The molecule has 0 fully saturated rings. The van der Waals surface area contributed by atoms with Gasteiger partial charge in [-0.15, -0.1) is 0 Å². The molecule has 1 aliphatic carbocycles. The Morgan fingerprint density at radius 1 is 0.786 bits per heavy atom. The molecule has 3 nitrogen and oxygen atoms in total. The molecule has 136 valence electrons. The molecule has 0 aliphatic heterocycles. The largest absolute Gasteiger partial charge is 0.355 e. The van der Waals surface area contributed by atoms with E-state index in [2.05, 4.69) is 48.4 Å². The van der Waals surface area contributed by atoms with E-state index in [9.17, 15) is 4.79 Å². The van der Waals surface area contributed by atoms with Crippen LogP contribution in [0.2, 0.25) is 0 Å². The lowest BCUT2D eigenvalue weighted by Gasteiger charge is -2.23. The molecular formula is C25H20N2O. The molecule has 0 unspecified atom stereocenters. The number of pyridine rings is 1. The molecule has 28 heavy (non-hydrogen) atoms. The van der Waals surface area contributed by atoms with E-state index in [0.29, 0.717) is 5.56 Å². The molecule has 4 aromatic rings. The highest BCUT2D eigenvalue weighted by Gasteiger charge is 2.28. The van der Waals surface area contributed by atoms with Crippen LogP contribution in [0.5, 0.6) is 0 Å². The molecule has 0 bridgehead atoms. The van der Waals surface area contributed by atoms with E-state index in [4.69, 9.17) is 0 Å². The van der Waals surface area contributed by atoms with Crippen LogP contribution in [0.4, 0.5) is 11.4 Å². The molecule has 1 aromatic heterocycles. The first kappa shape index (κ1) is 16.7. The number of hydrogen-bond acceptors (Lipinski definition) is 3. The third kappa shape index (κ3) is 2.43. The van der Waals surface area contributed by atoms with E-state index in [1.165, 1.54) is 5.56 Å². The number of aryl methyl sites for hydroxylation is 3. The Morgan fingerprint density at radius 2 is 1.54 bits per heavy atom. The van der Waals surface area contributed by atoms with Crippen molar-refractivity contribution >= 4 is 28.1 Å². The number of benzene rings is 3. The average molecular weight is 364 g/mol. The topological polar surface area (TPSA) is 42.0 Å². The highest BCUT2D eigenvalue weighted by atomic mass is 16.1. The van der Waals surface area contributed by atoms with Gasteiger partial charge in [0, 0.05) is 22.3 Å². The maximum atomic E-state index is 13.5. The summed E-state index contributed by atoms with van der Waals surface area (Å²) in [7, 11) is 0. The summed E-state index contributed by atoms with van der Waals surface area (Å²) in [6, 6.07) is 20.2. The minimum Gasteiger partial charge on any atom is -0.355 e. The number of carbonyl (C=O) groups excluding carboxylic acids is 1. The summed E-state index contributed by atoms with van der Waals surface area (Å²) in [5.41, 5.74) is 9.53. The van der Waals surface area contributed by atoms with E-state index < -0.39 is 0 Å². The summed E-state index contributed by atoms with van der Waals surface area (Å²) in [5.74, 6) is 0.0478. The number of carbonyl (C=O) groups is 1. The fourth-order valence-electron chi connectivity index (χ4n) is 4.16. The van der Waals surface area contributed by atoms with Gasteiger partial charge >= 0.3 is 0 Å². The van der Waals surface area contributed by atoms with Gasteiger partial charge in [0.2, 0.25) is 0 Å². The van der Waals surface area contributed by atoms with Crippen molar-refractivity contribution in [3.05, 3.63) is 88.6 Å². The highest BCUT2D eigenvalue weighted by molar-refractivity contribution is 6.28. The summed E-state index contributed by atoms with van der Waals surface area (Å²) < 4.78 is 0. The van der Waals surface area contributed by atoms with Crippen LogP contribution in [-0.4, -0.2) is 10.8 Å². The normalized spacial score (nSPS) is 12.2. The summed E-state index contributed by atoms with van der Waals surface area (Å²) in [4.78, 5) is 18.1. The molecule has 1 N–H and O–H groups in total. The van der Waals surface area contributed by atoms with Gasteiger partial charge in [0.1, 0.15) is 0 Å². The number of anilines is 2. The van der Waals surface area contributed by atoms with E-state index >= 15 is 0 Å². The molecular weight excluding hydrogens is 344 g/mol. The number of ketones is 1. The Balaban J connectivity index is 1.80. The van der Waals surface area contributed by atoms with Gasteiger partial charge in [-0.3, -0.25) is 9.78 Å². The third-order valence-electron chi connectivity index (χ3n) is 5.44. The summed E-state index contributed by atoms with van der Waals surface area (Å²) in [6.45, 7) is 6.16. The molecule has 1 heterocycles. The van der Waals surface area contributed by atoms with Crippen molar-refractivity contribution in [2.45, 2.75) is 20.8 Å². The van der Waals surface area contributed by atoms with Crippen LogP contribution in [-0.2, 0) is 0 Å². The second-order valence-electron chi connectivity index (χ2n) is 7.51. The number of aromatic nitrogens is 1. The van der Waals surface area contributed by atoms with Crippen molar-refractivity contribution in [1.29, 1.82) is 0 Å². The molecule has 3 aromatic carbocycles. The number of fused-ring (bicyclic) bond motifs is 2. The Kier molecular flexibility index (Phi) is 3.59. The number of rotatable bonds is 2. The number of nitrogens with zero attached hydrogens (tertiary/aromatic N) is 1. The molecule has 0 atom stereocenters. The monoisotopic (exact) mass is 364 g/mol. The van der Waals surface area contributed by atoms with Crippen LogP contribution in [0.15, 0.2) is 60.7 Å². The zero-order valence-electron chi connectivity index (χ0n) is 16.1. The first-order chi connectivity index (χ1) is 13.5. The second kappa shape index (κ2) is 6.03. The smallest absolute Gasteiger partial charge is 0.196 e. The number of hydrogen-bond donors (Lipinski definition) is 1. The minimum absolute atomic E-state index is 0.0478. The summed E-state index contributed by atoms with van der Waals surface area (Å²) in [5, 5.41) is 4.43. The van der Waals surface area contributed by atoms with Gasteiger partial charge in [0.25, 0.3) is 0 Å².